The van der Waals surface area contributed by atoms with Crippen LogP contribution >= 0.6 is 0 Å². The van der Waals surface area contributed by atoms with Gasteiger partial charge in [-0.25, -0.2) is 0 Å². The molecular weight excluding hydrogens is 276 g/mol. The average molecular weight is 290 g/mol. The lowest BCUT2D eigenvalue weighted by atomic mass is 10.0. The molecule has 2 rings (SSSR count). The van der Waals surface area contributed by atoms with Crippen molar-refractivity contribution in [1.29, 1.82) is 15.9 Å². The molecule has 0 atom stereocenters. The average Bonchev–Trinajstić information content (AvgIpc) is 2.50. The molecular formula is C17H14N4O. The fourth-order valence-electron chi connectivity index (χ4n) is 2.01. The van der Waals surface area contributed by atoms with Crippen molar-refractivity contribution in [3.8, 4) is 12.1 Å². The summed E-state index contributed by atoms with van der Waals surface area (Å²) in [4.78, 5) is 0. The number of ether oxygens (including phenoxy) is 1. The minimum absolute atomic E-state index is 0.000402. The van der Waals surface area contributed by atoms with E-state index in [0.29, 0.717) is 29.2 Å². The van der Waals surface area contributed by atoms with E-state index >= 15 is 0 Å². The Labute approximate surface area is 128 Å². The molecule has 0 saturated carbocycles. The molecule has 1 aromatic rings. The Morgan fingerprint density at radius 1 is 1.18 bits per heavy atom. The van der Waals surface area contributed by atoms with Crippen molar-refractivity contribution in [3.63, 3.8) is 0 Å². The van der Waals surface area contributed by atoms with Crippen molar-refractivity contribution in [3.05, 3.63) is 64.6 Å². The predicted octanol–water partition coefficient (Wildman–Crippen LogP) is 2.99. The number of rotatable bonds is 3. The molecule has 0 unspecified atom stereocenters. The lowest BCUT2D eigenvalue weighted by Crippen LogP contribution is -2.11. The maximum Gasteiger partial charge on any atom is 0.148 e. The number of nitrogens with zero attached hydrogens (tertiary/aromatic N) is 2. The number of allylic oxidation sites excluding steroid dienone is 6. The van der Waals surface area contributed by atoms with Crippen LogP contribution in [0.15, 0.2) is 59.1 Å². The van der Waals surface area contributed by atoms with Crippen molar-refractivity contribution in [1.82, 2.24) is 0 Å². The van der Waals surface area contributed by atoms with Crippen LogP contribution in [0.5, 0.6) is 0 Å². The number of nitrogens with one attached hydrogen (secondary N) is 1. The zero-order chi connectivity index (χ0) is 16.1. The van der Waals surface area contributed by atoms with Crippen LogP contribution in [0.3, 0.4) is 0 Å². The number of hydrogen-bond acceptors (Lipinski definition) is 5. The first-order chi connectivity index (χ1) is 10.5. The first kappa shape index (κ1) is 15.1. The van der Waals surface area contributed by atoms with Gasteiger partial charge in [-0.05, 0) is 36.8 Å². The fourth-order valence-corrected chi connectivity index (χ4v) is 2.01. The van der Waals surface area contributed by atoms with E-state index in [-0.39, 0.29) is 11.3 Å². The Kier molecular flexibility index (Phi) is 4.41. The van der Waals surface area contributed by atoms with Gasteiger partial charge in [0.25, 0.3) is 0 Å². The van der Waals surface area contributed by atoms with Crippen LogP contribution in [0, 0.1) is 28.1 Å². The van der Waals surface area contributed by atoms with Crippen LogP contribution in [-0.4, -0.2) is 5.71 Å². The summed E-state index contributed by atoms with van der Waals surface area (Å²) in [5, 5.41) is 26.1. The van der Waals surface area contributed by atoms with Crippen molar-refractivity contribution >= 4 is 11.4 Å². The smallest absolute Gasteiger partial charge is 0.148 e. The molecule has 3 N–H and O–H groups in total. The van der Waals surface area contributed by atoms with E-state index in [2.05, 4.69) is 0 Å². The Bertz CT molecular complexity index is 767. The predicted molar refractivity (Wildman–Crippen MR) is 83.5 cm³/mol. The van der Waals surface area contributed by atoms with Crippen LogP contribution < -0.4 is 5.73 Å². The summed E-state index contributed by atoms with van der Waals surface area (Å²) >= 11 is 0. The molecule has 1 heterocycles. The van der Waals surface area contributed by atoms with E-state index in [9.17, 15) is 0 Å². The standard InChI is InChI=1S/C17H14N4O/c1-11-6-13(14(9-18)10-19)8-17(22-11)16(21)7-12-2-4-15(20)5-3-12/h2-6,8,21H,7,20H2,1H3. The second-order valence-corrected chi connectivity index (χ2v) is 4.82. The third-order valence-electron chi connectivity index (χ3n) is 3.09. The Morgan fingerprint density at radius 3 is 2.41 bits per heavy atom. The SMILES string of the molecule is CC1=CC(=C(C#N)C#N)C=C(C(=N)Cc2ccc(N)cc2)O1. The van der Waals surface area contributed by atoms with Gasteiger partial charge >= 0.3 is 0 Å². The maximum atomic E-state index is 8.96. The van der Waals surface area contributed by atoms with Crippen molar-refractivity contribution in [2.24, 2.45) is 0 Å². The second-order valence-electron chi connectivity index (χ2n) is 4.82. The van der Waals surface area contributed by atoms with E-state index in [1.54, 1.807) is 31.2 Å². The minimum Gasteiger partial charge on any atom is -0.460 e. The Balaban J connectivity index is 2.27. The molecule has 5 nitrogen and oxygen atoms in total. The van der Waals surface area contributed by atoms with Gasteiger partial charge in [0.1, 0.15) is 29.2 Å². The molecule has 0 spiro atoms. The fraction of sp³-hybridized carbons (Fsp3) is 0.118. The zero-order valence-electron chi connectivity index (χ0n) is 12.1. The molecule has 0 amide bonds. The molecule has 1 aliphatic rings. The third kappa shape index (κ3) is 3.41. The van der Waals surface area contributed by atoms with E-state index < -0.39 is 0 Å². The van der Waals surface area contributed by atoms with Gasteiger partial charge in [-0.3, -0.25) is 0 Å². The summed E-state index contributed by atoms with van der Waals surface area (Å²) in [6, 6.07) is 10.9. The minimum atomic E-state index is 0.000402. The molecule has 0 radical (unpaired) electrons. The molecule has 0 saturated heterocycles. The van der Waals surface area contributed by atoms with E-state index in [1.165, 1.54) is 0 Å². The lowest BCUT2D eigenvalue weighted by molar-refractivity contribution is 0.324. The van der Waals surface area contributed by atoms with Crippen molar-refractivity contribution in [2.75, 3.05) is 5.73 Å². The molecule has 22 heavy (non-hydrogen) atoms. The van der Waals surface area contributed by atoms with E-state index in [0.717, 1.165) is 5.56 Å². The highest BCUT2D eigenvalue weighted by molar-refractivity contribution is 5.98. The number of nitrogens with two attached hydrogens (primary N) is 1. The Morgan fingerprint density at radius 2 is 1.82 bits per heavy atom. The van der Waals surface area contributed by atoms with Gasteiger partial charge in [0.05, 0.1) is 5.71 Å². The summed E-state index contributed by atoms with van der Waals surface area (Å²) in [7, 11) is 0. The van der Waals surface area contributed by atoms with Gasteiger partial charge in [-0.1, -0.05) is 12.1 Å². The van der Waals surface area contributed by atoms with Gasteiger partial charge in [0.15, 0.2) is 0 Å². The third-order valence-corrected chi connectivity index (χ3v) is 3.09. The summed E-state index contributed by atoms with van der Waals surface area (Å²) in [5.74, 6) is 0.882. The summed E-state index contributed by atoms with van der Waals surface area (Å²) in [5.41, 5.74) is 7.97. The van der Waals surface area contributed by atoms with Crippen molar-refractivity contribution < 1.29 is 4.74 Å². The van der Waals surface area contributed by atoms with Crippen LogP contribution in [0.2, 0.25) is 0 Å². The molecule has 0 aromatic heterocycles. The molecule has 108 valence electrons. The molecule has 1 aromatic carbocycles. The van der Waals surface area contributed by atoms with Crippen LogP contribution in [-0.2, 0) is 11.2 Å². The number of benzene rings is 1. The van der Waals surface area contributed by atoms with E-state index in [4.69, 9.17) is 26.4 Å². The van der Waals surface area contributed by atoms with E-state index in [1.807, 2.05) is 24.3 Å². The van der Waals surface area contributed by atoms with Gasteiger partial charge in [0, 0.05) is 17.7 Å². The van der Waals surface area contributed by atoms with Gasteiger partial charge in [0.2, 0.25) is 0 Å². The van der Waals surface area contributed by atoms with Crippen LogP contribution in [0.4, 0.5) is 5.69 Å². The highest BCUT2D eigenvalue weighted by Crippen LogP contribution is 2.23. The van der Waals surface area contributed by atoms with Gasteiger partial charge in [-0.2, -0.15) is 10.5 Å². The number of nitriles is 2. The number of nitrogen functional groups attached to an aromatic ring is 1. The highest BCUT2D eigenvalue weighted by Gasteiger charge is 2.16. The quantitative estimate of drug-likeness (QED) is 0.507. The highest BCUT2D eigenvalue weighted by atomic mass is 16.5. The van der Waals surface area contributed by atoms with Gasteiger partial charge < -0.3 is 15.9 Å². The first-order valence-electron chi connectivity index (χ1n) is 6.58. The summed E-state index contributed by atoms with van der Waals surface area (Å²) < 4.78 is 5.53. The molecule has 0 aliphatic carbocycles. The second kappa shape index (κ2) is 6.43. The molecule has 5 heteroatoms. The topological polar surface area (TPSA) is 107 Å². The first-order valence-corrected chi connectivity index (χ1v) is 6.58. The molecule has 0 fully saturated rings. The maximum absolute atomic E-state index is 8.96. The van der Waals surface area contributed by atoms with Gasteiger partial charge in [-0.15, -0.1) is 0 Å². The zero-order valence-corrected chi connectivity index (χ0v) is 12.1. The van der Waals surface area contributed by atoms with Crippen molar-refractivity contribution in [2.45, 2.75) is 13.3 Å². The largest absolute Gasteiger partial charge is 0.460 e. The molecule has 1 aliphatic heterocycles. The lowest BCUT2D eigenvalue weighted by Gasteiger charge is -2.16. The molecule has 0 bridgehead atoms. The monoisotopic (exact) mass is 290 g/mol. The summed E-state index contributed by atoms with van der Waals surface area (Å²) in [6.07, 6.45) is 3.54. The number of anilines is 1. The Hall–Kier alpha value is -3.31. The summed E-state index contributed by atoms with van der Waals surface area (Å²) in [6.45, 7) is 1.72. The normalized spacial score (nSPS) is 13.1. The number of hydrogen-bond donors (Lipinski definition) is 2. The van der Waals surface area contributed by atoms with Crippen LogP contribution in [0.25, 0.3) is 0 Å². The van der Waals surface area contributed by atoms with Crippen LogP contribution in [0.1, 0.15) is 12.5 Å².